The zero-order chi connectivity index (χ0) is 34.2. The van der Waals surface area contributed by atoms with Gasteiger partial charge in [-0.05, 0) is 58.3 Å². The Morgan fingerprint density at radius 3 is 1.81 bits per heavy atom. The zero-order valence-corrected chi connectivity index (χ0v) is 28.0. The van der Waals surface area contributed by atoms with Crippen molar-refractivity contribution in [3.8, 4) is 39.5 Å². The summed E-state index contributed by atoms with van der Waals surface area (Å²) in [7, 11) is 0. The molecule has 0 saturated heterocycles. The van der Waals surface area contributed by atoms with Crippen molar-refractivity contribution in [3.63, 3.8) is 0 Å². The van der Waals surface area contributed by atoms with E-state index in [4.69, 9.17) is 14.4 Å². The Labute approximate surface area is 298 Å². The molecule has 0 unspecified atom stereocenters. The van der Waals surface area contributed by atoms with Gasteiger partial charge in [0.15, 0.2) is 11.4 Å². The molecule has 0 aliphatic rings. The molecule has 52 heavy (non-hydrogen) atoms. The molecule has 242 valence electrons. The number of nitrogens with zero attached hydrogens (tertiary/aromatic N) is 3. The standard InChI is InChI=1S/C48H29N3O/c1-2-14-30(15-3-1)31-16-12-17-32(28-31)46-37-22-6-9-24-40(37)49-48(50-46)39-29-44-45(36-21-5-4-18-33(36)39)38-23-13-27-43(47(38)52-44)51-41-25-10-7-19-34(41)35-20-8-11-26-42(35)51/h1-29H. The largest absolute Gasteiger partial charge is 0.454 e. The Morgan fingerprint density at radius 1 is 0.423 bits per heavy atom. The molecule has 8 aromatic carbocycles. The van der Waals surface area contributed by atoms with Crippen LogP contribution in [-0.2, 0) is 0 Å². The van der Waals surface area contributed by atoms with E-state index in [1.807, 2.05) is 12.1 Å². The van der Waals surface area contributed by atoms with Gasteiger partial charge >= 0.3 is 0 Å². The lowest BCUT2D eigenvalue weighted by Crippen LogP contribution is -1.96. The van der Waals surface area contributed by atoms with E-state index in [1.54, 1.807) is 0 Å². The number of fused-ring (bicyclic) bond motifs is 9. The lowest BCUT2D eigenvalue weighted by Gasteiger charge is -2.12. The molecule has 11 aromatic rings. The van der Waals surface area contributed by atoms with Crippen LogP contribution in [0, 0.1) is 0 Å². The summed E-state index contributed by atoms with van der Waals surface area (Å²) in [6, 6.07) is 61.8. The van der Waals surface area contributed by atoms with Crippen molar-refractivity contribution in [1.82, 2.24) is 14.5 Å². The van der Waals surface area contributed by atoms with Crippen molar-refractivity contribution in [3.05, 3.63) is 176 Å². The van der Waals surface area contributed by atoms with Gasteiger partial charge in [0.2, 0.25) is 0 Å². The summed E-state index contributed by atoms with van der Waals surface area (Å²) in [6.45, 7) is 0. The summed E-state index contributed by atoms with van der Waals surface area (Å²) in [5.41, 5.74) is 11.1. The third-order valence-electron chi connectivity index (χ3n) is 10.4. The van der Waals surface area contributed by atoms with Crippen molar-refractivity contribution in [2.24, 2.45) is 0 Å². The highest BCUT2D eigenvalue weighted by molar-refractivity contribution is 6.23. The maximum absolute atomic E-state index is 6.97. The Morgan fingerprint density at radius 2 is 1.02 bits per heavy atom. The van der Waals surface area contributed by atoms with Gasteiger partial charge in [-0.15, -0.1) is 0 Å². The maximum Gasteiger partial charge on any atom is 0.161 e. The fourth-order valence-corrected chi connectivity index (χ4v) is 8.08. The number of hydrogen-bond donors (Lipinski definition) is 0. The van der Waals surface area contributed by atoms with Crippen LogP contribution in [0.15, 0.2) is 180 Å². The summed E-state index contributed by atoms with van der Waals surface area (Å²) < 4.78 is 9.30. The van der Waals surface area contributed by atoms with E-state index in [0.717, 1.165) is 82.7 Å². The molecular formula is C48H29N3O. The quantitative estimate of drug-likeness (QED) is 0.188. The van der Waals surface area contributed by atoms with Crippen LogP contribution in [0.5, 0.6) is 0 Å². The Hall–Kier alpha value is -7.04. The van der Waals surface area contributed by atoms with Crippen LogP contribution in [0.1, 0.15) is 0 Å². The van der Waals surface area contributed by atoms with Crippen molar-refractivity contribution >= 4 is 65.4 Å². The molecule has 0 fully saturated rings. The van der Waals surface area contributed by atoms with Crippen molar-refractivity contribution < 1.29 is 4.42 Å². The molecule has 0 saturated carbocycles. The van der Waals surface area contributed by atoms with Gasteiger partial charge in [0.05, 0.1) is 27.9 Å². The maximum atomic E-state index is 6.97. The second-order valence-corrected chi connectivity index (χ2v) is 13.3. The van der Waals surface area contributed by atoms with E-state index in [1.165, 1.54) is 16.3 Å². The average Bonchev–Trinajstić information content (AvgIpc) is 3.77. The lowest BCUT2D eigenvalue weighted by molar-refractivity contribution is 0.666. The Kier molecular flexibility index (Phi) is 6.22. The summed E-state index contributed by atoms with van der Waals surface area (Å²) in [5.74, 6) is 0.667. The molecule has 0 bridgehead atoms. The monoisotopic (exact) mass is 663 g/mol. The van der Waals surface area contributed by atoms with Gasteiger partial charge in [0.25, 0.3) is 0 Å². The van der Waals surface area contributed by atoms with Crippen molar-refractivity contribution in [1.29, 1.82) is 0 Å². The van der Waals surface area contributed by atoms with Crippen LogP contribution < -0.4 is 0 Å². The second-order valence-electron chi connectivity index (χ2n) is 13.3. The molecule has 4 nitrogen and oxygen atoms in total. The van der Waals surface area contributed by atoms with Gasteiger partial charge < -0.3 is 8.98 Å². The number of aromatic nitrogens is 3. The molecule has 3 aromatic heterocycles. The van der Waals surface area contributed by atoms with Gasteiger partial charge in [-0.25, -0.2) is 9.97 Å². The first-order valence-electron chi connectivity index (χ1n) is 17.6. The lowest BCUT2D eigenvalue weighted by atomic mass is 9.97. The Balaban J connectivity index is 1.17. The minimum atomic E-state index is 0.667. The molecule has 3 heterocycles. The third-order valence-corrected chi connectivity index (χ3v) is 10.4. The van der Waals surface area contributed by atoms with Crippen molar-refractivity contribution in [2.45, 2.75) is 0 Å². The second kappa shape index (κ2) is 11.2. The van der Waals surface area contributed by atoms with Crippen LogP contribution in [-0.4, -0.2) is 14.5 Å². The topological polar surface area (TPSA) is 43.9 Å². The normalized spacial score (nSPS) is 11.8. The van der Waals surface area contributed by atoms with Crippen LogP contribution in [0.25, 0.3) is 105 Å². The van der Waals surface area contributed by atoms with Crippen LogP contribution in [0.3, 0.4) is 0 Å². The summed E-state index contributed by atoms with van der Waals surface area (Å²) >= 11 is 0. The Bertz CT molecular complexity index is 3140. The predicted octanol–water partition coefficient (Wildman–Crippen LogP) is 12.8. The highest BCUT2D eigenvalue weighted by Gasteiger charge is 2.21. The van der Waals surface area contributed by atoms with Crippen molar-refractivity contribution in [2.75, 3.05) is 0 Å². The first-order valence-corrected chi connectivity index (χ1v) is 17.6. The molecule has 0 amide bonds. The number of benzene rings is 8. The smallest absolute Gasteiger partial charge is 0.161 e. The van der Waals surface area contributed by atoms with E-state index in [-0.39, 0.29) is 0 Å². The fourth-order valence-electron chi connectivity index (χ4n) is 8.08. The highest BCUT2D eigenvalue weighted by Crippen LogP contribution is 2.43. The minimum absolute atomic E-state index is 0.667. The number of furan rings is 1. The van der Waals surface area contributed by atoms with E-state index in [9.17, 15) is 0 Å². The molecule has 0 aliphatic carbocycles. The van der Waals surface area contributed by atoms with E-state index < -0.39 is 0 Å². The molecule has 0 radical (unpaired) electrons. The zero-order valence-electron chi connectivity index (χ0n) is 28.0. The summed E-state index contributed by atoms with van der Waals surface area (Å²) in [5, 5.41) is 7.82. The van der Waals surface area contributed by atoms with Crippen LogP contribution >= 0.6 is 0 Å². The first kappa shape index (κ1) is 28.8. The van der Waals surface area contributed by atoms with Gasteiger partial charge in [-0.2, -0.15) is 0 Å². The van der Waals surface area contributed by atoms with Gasteiger partial charge in [-0.1, -0.05) is 140 Å². The molecule has 0 aliphatic heterocycles. The minimum Gasteiger partial charge on any atom is -0.454 e. The highest BCUT2D eigenvalue weighted by atomic mass is 16.3. The molecular weight excluding hydrogens is 635 g/mol. The predicted molar refractivity (Wildman–Crippen MR) is 215 cm³/mol. The molecule has 0 spiro atoms. The average molecular weight is 664 g/mol. The number of hydrogen-bond acceptors (Lipinski definition) is 3. The molecule has 0 N–H and O–H groups in total. The molecule has 0 atom stereocenters. The first-order chi connectivity index (χ1) is 25.8. The van der Waals surface area contributed by atoms with Gasteiger partial charge in [0, 0.05) is 38.1 Å². The molecule has 11 rings (SSSR count). The van der Waals surface area contributed by atoms with Crippen LogP contribution in [0.4, 0.5) is 0 Å². The van der Waals surface area contributed by atoms with E-state index >= 15 is 0 Å². The fraction of sp³-hybridized carbons (Fsp3) is 0. The SMILES string of the molecule is c1ccc(-c2cccc(-c3nc(-c4cc5oc6c(-n7c8ccccc8c8ccccc87)cccc6c5c5ccccc45)nc4ccccc34)c2)cc1. The van der Waals surface area contributed by atoms with E-state index in [2.05, 4.69) is 168 Å². The van der Waals surface area contributed by atoms with E-state index in [0.29, 0.717) is 5.82 Å². The summed E-state index contributed by atoms with van der Waals surface area (Å²) in [4.78, 5) is 10.5. The number of para-hydroxylation sites is 4. The number of rotatable bonds is 4. The molecule has 4 heteroatoms. The third kappa shape index (κ3) is 4.28. The van der Waals surface area contributed by atoms with Gasteiger partial charge in [0.1, 0.15) is 5.58 Å². The van der Waals surface area contributed by atoms with Gasteiger partial charge in [-0.3, -0.25) is 0 Å². The summed E-state index contributed by atoms with van der Waals surface area (Å²) in [6.07, 6.45) is 0. The van der Waals surface area contributed by atoms with Crippen LogP contribution in [0.2, 0.25) is 0 Å².